The van der Waals surface area contributed by atoms with Crippen molar-refractivity contribution in [1.82, 2.24) is 0 Å². The molecule has 1 heterocycles. The minimum absolute atomic E-state index is 0.233. The van der Waals surface area contributed by atoms with E-state index in [1.54, 1.807) is 18.2 Å². The van der Waals surface area contributed by atoms with E-state index in [-0.39, 0.29) is 5.56 Å². The maximum atomic E-state index is 12.0. The van der Waals surface area contributed by atoms with Crippen LogP contribution in [0.1, 0.15) is 10.4 Å². The van der Waals surface area contributed by atoms with Crippen molar-refractivity contribution in [1.29, 1.82) is 0 Å². The zero-order valence-electron chi connectivity index (χ0n) is 14.2. The lowest BCUT2D eigenvalue weighted by molar-refractivity contribution is -0.119. The number of rotatable bonds is 5. The van der Waals surface area contributed by atoms with E-state index in [0.29, 0.717) is 36.1 Å². The number of esters is 1. The fourth-order valence-electron chi connectivity index (χ4n) is 2.36. The number of nitrogens with two attached hydrogens (primary N) is 1. The van der Waals surface area contributed by atoms with Crippen molar-refractivity contribution >= 4 is 29.3 Å². The predicted molar refractivity (Wildman–Crippen MR) is 96.0 cm³/mol. The molecule has 0 unspecified atom stereocenters. The molecule has 0 spiro atoms. The SMILES string of the molecule is NC(=O)Nc1ccc(C(=O)OCC(=O)Nc2ccc3c(c2)OCCO3)cc1. The van der Waals surface area contributed by atoms with Crippen molar-refractivity contribution in [2.24, 2.45) is 5.73 Å². The molecule has 0 bridgehead atoms. The molecule has 3 rings (SSSR count). The first kappa shape index (κ1) is 18.1. The Kier molecular flexibility index (Phi) is 5.41. The van der Waals surface area contributed by atoms with Gasteiger partial charge in [-0.3, -0.25) is 4.79 Å². The van der Waals surface area contributed by atoms with Crippen LogP contribution in [0, 0.1) is 0 Å². The van der Waals surface area contributed by atoms with Gasteiger partial charge in [-0.05, 0) is 36.4 Å². The summed E-state index contributed by atoms with van der Waals surface area (Å²) in [6, 6.07) is 10.2. The Morgan fingerprint density at radius 2 is 1.59 bits per heavy atom. The van der Waals surface area contributed by atoms with E-state index in [2.05, 4.69) is 10.6 Å². The van der Waals surface area contributed by atoms with Gasteiger partial charge in [0.2, 0.25) is 0 Å². The quantitative estimate of drug-likeness (QED) is 0.687. The van der Waals surface area contributed by atoms with Gasteiger partial charge < -0.3 is 30.6 Å². The molecule has 3 amide bonds. The summed E-state index contributed by atoms with van der Waals surface area (Å²) in [4.78, 5) is 34.7. The highest BCUT2D eigenvalue weighted by Crippen LogP contribution is 2.32. The largest absolute Gasteiger partial charge is 0.486 e. The van der Waals surface area contributed by atoms with Gasteiger partial charge in [0.25, 0.3) is 5.91 Å². The van der Waals surface area contributed by atoms with Crippen molar-refractivity contribution in [3.8, 4) is 11.5 Å². The van der Waals surface area contributed by atoms with Gasteiger partial charge in [0, 0.05) is 17.4 Å². The van der Waals surface area contributed by atoms with Crippen molar-refractivity contribution in [2.45, 2.75) is 0 Å². The molecule has 0 saturated heterocycles. The van der Waals surface area contributed by atoms with Gasteiger partial charge in [0.15, 0.2) is 18.1 Å². The number of nitrogens with one attached hydrogen (secondary N) is 2. The molecule has 2 aromatic carbocycles. The average Bonchev–Trinajstić information content (AvgIpc) is 2.66. The number of urea groups is 1. The molecular formula is C18H17N3O6. The minimum Gasteiger partial charge on any atom is -0.486 e. The summed E-state index contributed by atoms with van der Waals surface area (Å²) in [5, 5.41) is 4.99. The number of carbonyl (C=O) groups is 3. The number of benzene rings is 2. The van der Waals surface area contributed by atoms with Crippen LogP contribution >= 0.6 is 0 Å². The average molecular weight is 371 g/mol. The molecule has 2 aromatic rings. The Hall–Kier alpha value is -3.75. The zero-order chi connectivity index (χ0) is 19.2. The molecule has 140 valence electrons. The summed E-state index contributed by atoms with van der Waals surface area (Å²) in [5.41, 5.74) is 6.18. The van der Waals surface area contributed by atoms with Crippen LogP contribution in [0.2, 0.25) is 0 Å². The van der Waals surface area contributed by atoms with Crippen LogP contribution in [0.5, 0.6) is 11.5 Å². The highest BCUT2D eigenvalue weighted by Gasteiger charge is 2.14. The standard InChI is InChI=1S/C18H17N3O6/c19-18(24)21-12-3-1-11(2-4-12)17(23)27-10-16(22)20-13-5-6-14-15(9-13)26-8-7-25-14/h1-6,9H,7-8,10H2,(H,20,22)(H3,19,21,24). The normalized spacial score (nSPS) is 12.0. The third-order valence-electron chi connectivity index (χ3n) is 3.55. The van der Waals surface area contributed by atoms with Crippen molar-refractivity contribution < 1.29 is 28.6 Å². The van der Waals surface area contributed by atoms with Crippen LogP contribution in [0.15, 0.2) is 42.5 Å². The first-order chi connectivity index (χ1) is 13.0. The van der Waals surface area contributed by atoms with Crippen molar-refractivity contribution in [2.75, 3.05) is 30.5 Å². The highest BCUT2D eigenvalue weighted by molar-refractivity contribution is 5.96. The molecular weight excluding hydrogens is 354 g/mol. The molecule has 0 fully saturated rings. The third-order valence-corrected chi connectivity index (χ3v) is 3.55. The van der Waals surface area contributed by atoms with Crippen LogP contribution in [0.4, 0.5) is 16.2 Å². The first-order valence-corrected chi connectivity index (χ1v) is 8.04. The Morgan fingerprint density at radius 1 is 0.926 bits per heavy atom. The highest BCUT2D eigenvalue weighted by atomic mass is 16.6. The summed E-state index contributed by atoms with van der Waals surface area (Å²) < 4.78 is 15.8. The van der Waals surface area contributed by atoms with Gasteiger partial charge in [0.1, 0.15) is 13.2 Å². The molecule has 9 heteroatoms. The van der Waals surface area contributed by atoms with E-state index in [1.165, 1.54) is 24.3 Å². The van der Waals surface area contributed by atoms with Gasteiger partial charge in [-0.2, -0.15) is 0 Å². The predicted octanol–water partition coefficient (Wildman–Crippen LogP) is 1.74. The van der Waals surface area contributed by atoms with Gasteiger partial charge in [0.05, 0.1) is 5.56 Å². The number of hydrogen-bond acceptors (Lipinski definition) is 6. The lowest BCUT2D eigenvalue weighted by Gasteiger charge is -2.19. The summed E-state index contributed by atoms with van der Waals surface area (Å²) in [7, 11) is 0. The van der Waals surface area contributed by atoms with Crippen LogP contribution in [-0.4, -0.2) is 37.7 Å². The first-order valence-electron chi connectivity index (χ1n) is 8.04. The monoisotopic (exact) mass is 371 g/mol. The maximum Gasteiger partial charge on any atom is 0.338 e. The molecule has 0 aromatic heterocycles. The second kappa shape index (κ2) is 8.09. The molecule has 0 saturated carbocycles. The number of amides is 3. The third kappa shape index (κ3) is 4.88. The molecule has 0 aliphatic carbocycles. The van der Waals surface area contributed by atoms with E-state index >= 15 is 0 Å². The Balaban J connectivity index is 1.51. The van der Waals surface area contributed by atoms with Crippen LogP contribution in [0.25, 0.3) is 0 Å². The number of primary amides is 1. The van der Waals surface area contributed by atoms with Gasteiger partial charge >= 0.3 is 12.0 Å². The minimum atomic E-state index is -0.707. The molecule has 1 aliphatic heterocycles. The van der Waals surface area contributed by atoms with Crippen LogP contribution in [0.3, 0.4) is 0 Å². The molecule has 4 N–H and O–H groups in total. The summed E-state index contributed by atoms with van der Waals surface area (Å²) in [5.74, 6) is -0.00866. The number of ether oxygens (including phenoxy) is 3. The van der Waals surface area contributed by atoms with Crippen LogP contribution < -0.4 is 25.8 Å². The number of hydrogen-bond donors (Lipinski definition) is 3. The lowest BCUT2D eigenvalue weighted by Crippen LogP contribution is -2.21. The Bertz CT molecular complexity index is 866. The van der Waals surface area contributed by atoms with E-state index < -0.39 is 24.5 Å². The fraction of sp³-hybridized carbons (Fsp3) is 0.167. The van der Waals surface area contributed by atoms with E-state index in [9.17, 15) is 14.4 Å². The van der Waals surface area contributed by atoms with Gasteiger partial charge in [-0.25, -0.2) is 9.59 Å². The van der Waals surface area contributed by atoms with E-state index in [1.807, 2.05) is 0 Å². The lowest BCUT2D eigenvalue weighted by atomic mass is 10.2. The number of carbonyl (C=O) groups excluding carboxylic acids is 3. The zero-order valence-corrected chi connectivity index (χ0v) is 14.2. The Morgan fingerprint density at radius 3 is 2.30 bits per heavy atom. The molecule has 27 heavy (non-hydrogen) atoms. The van der Waals surface area contributed by atoms with Crippen molar-refractivity contribution in [3.05, 3.63) is 48.0 Å². The summed E-state index contributed by atoms with van der Waals surface area (Å²) >= 11 is 0. The molecule has 0 atom stereocenters. The second-order valence-corrected chi connectivity index (χ2v) is 5.55. The number of fused-ring (bicyclic) bond motifs is 1. The van der Waals surface area contributed by atoms with Gasteiger partial charge in [-0.1, -0.05) is 0 Å². The molecule has 0 radical (unpaired) electrons. The summed E-state index contributed by atoms with van der Waals surface area (Å²) in [6.45, 7) is 0.471. The van der Waals surface area contributed by atoms with Gasteiger partial charge in [-0.15, -0.1) is 0 Å². The summed E-state index contributed by atoms with van der Waals surface area (Å²) in [6.07, 6.45) is 0. The number of anilines is 2. The van der Waals surface area contributed by atoms with E-state index in [4.69, 9.17) is 19.9 Å². The fourth-order valence-corrected chi connectivity index (χ4v) is 2.36. The smallest absolute Gasteiger partial charge is 0.338 e. The van der Waals surface area contributed by atoms with Crippen LogP contribution in [-0.2, 0) is 9.53 Å². The Labute approximate surface area is 154 Å². The molecule has 9 nitrogen and oxygen atoms in total. The van der Waals surface area contributed by atoms with E-state index in [0.717, 1.165) is 0 Å². The van der Waals surface area contributed by atoms with Crippen molar-refractivity contribution in [3.63, 3.8) is 0 Å². The molecule has 1 aliphatic rings. The maximum absolute atomic E-state index is 12.0. The topological polar surface area (TPSA) is 129 Å². The second-order valence-electron chi connectivity index (χ2n) is 5.55.